The van der Waals surface area contributed by atoms with Crippen molar-refractivity contribution >= 4 is 40.7 Å². The summed E-state index contributed by atoms with van der Waals surface area (Å²) in [5, 5.41) is 1.91. The summed E-state index contributed by atoms with van der Waals surface area (Å²) in [5.74, 6) is -0.219. The average molecular weight is 513 g/mol. The van der Waals surface area contributed by atoms with E-state index in [1.807, 2.05) is 24.4 Å². The Hall–Kier alpha value is -3.50. The number of benzene rings is 1. The van der Waals surface area contributed by atoms with E-state index in [2.05, 4.69) is 4.99 Å². The van der Waals surface area contributed by atoms with Crippen LogP contribution in [0.4, 0.5) is 0 Å². The number of thiazole rings is 1. The van der Waals surface area contributed by atoms with Crippen molar-refractivity contribution in [2.75, 3.05) is 13.2 Å². The first kappa shape index (κ1) is 24.6. The summed E-state index contributed by atoms with van der Waals surface area (Å²) >= 11 is 2.71. The topological polar surface area (TPSA) is 96.2 Å². The molecule has 0 spiro atoms. The number of carbonyl (C=O) groups is 2. The molecule has 182 valence electrons. The Morgan fingerprint density at radius 2 is 1.97 bits per heavy atom. The predicted molar refractivity (Wildman–Crippen MR) is 134 cm³/mol. The van der Waals surface area contributed by atoms with Gasteiger partial charge in [-0.25, -0.2) is 9.79 Å². The quantitative estimate of drug-likeness (QED) is 0.356. The van der Waals surface area contributed by atoms with E-state index >= 15 is 0 Å². The average Bonchev–Trinajstić information content (AvgIpc) is 3.43. The fourth-order valence-corrected chi connectivity index (χ4v) is 5.65. The molecule has 1 atom stereocenters. The van der Waals surface area contributed by atoms with Gasteiger partial charge in [0.1, 0.15) is 6.04 Å². The van der Waals surface area contributed by atoms with Gasteiger partial charge in [0.2, 0.25) is 0 Å². The van der Waals surface area contributed by atoms with Crippen LogP contribution < -0.4 is 24.4 Å². The Labute approximate surface area is 209 Å². The van der Waals surface area contributed by atoms with Gasteiger partial charge >= 0.3 is 11.9 Å². The van der Waals surface area contributed by atoms with Crippen LogP contribution in [0.1, 0.15) is 44.2 Å². The molecule has 0 radical (unpaired) electrons. The van der Waals surface area contributed by atoms with Crippen molar-refractivity contribution in [3.05, 3.63) is 77.1 Å². The van der Waals surface area contributed by atoms with Gasteiger partial charge in [-0.15, -0.1) is 11.3 Å². The first-order chi connectivity index (χ1) is 16.8. The Balaban J connectivity index is 1.86. The van der Waals surface area contributed by atoms with Gasteiger partial charge in [0, 0.05) is 11.8 Å². The molecule has 3 heterocycles. The lowest BCUT2D eigenvalue weighted by molar-refractivity contribution is -0.139. The highest BCUT2D eigenvalue weighted by molar-refractivity contribution is 7.10. The molecule has 4 rings (SSSR count). The molecule has 0 N–H and O–H groups in total. The number of ether oxygens (including phenoxy) is 3. The number of thiophene rings is 1. The Kier molecular flexibility index (Phi) is 7.32. The molecule has 1 aliphatic heterocycles. The number of fused-ring (bicyclic) bond motifs is 1. The first-order valence-corrected chi connectivity index (χ1v) is 12.7. The fourth-order valence-electron chi connectivity index (χ4n) is 3.78. The molecule has 0 unspecified atom stereocenters. The smallest absolute Gasteiger partial charge is 0.338 e. The van der Waals surface area contributed by atoms with E-state index < -0.39 is 18.0 Å². The summed E-state index contributed by atoms with van der Waals surface area (Å²) < 4.78 is 18.1. The van der Waals surface area contributed by atoms with E-state index in [0.29, 0.717) is 44.3 Å². The van der Waals surface area contributed by atoms with Crippen molar-refractivity contribution in [3.8, 4) is 11.5 Å². The number of hydrogen-bond donors (Lipinski definition) is 0. The molecular weight excluding hydrogens is 488 g/mol. The number of allylic oxidation sites excluding steroid dienone is 1. The second kappa shape index (κ2) is 10.4. The molecule has 0 amide bonds. The van der Waals surface area contributed by atoms with Crippen LogP contribution in [0.15, 0.2) is 56.8 Å². The summed E-state index contributed by atoms with van der Waals surface area (Å²) in [7, 11) is 0. The second-order valence-corrected chi connectivity index (χ2v) is 9.54. The number of esters is 2. The minimum atomic E-state index is -0.613. The molecule has 0 fully saturated rings. The third kappa shape index (κ3) is 4.98. The Bertz CT molecular complexity index is 1480. The standard InChI is InChI=1S/C25H24N2O6S2/c1-5-31-18-12-16(9-10-17(18)33-15(4)28)13-20-23(29)27-22(19-8-7-11-34-19)21(24(30)32-6-2)14(3)26-25(27)35-20/h7-13,22H,5-6H2,1-4H3/b20-13+/t22-/m0/s1. The number of rotatable bonds is 7. The SMILES string of the molecule is CCOC(=O)C1=C(C)N=c2s/c(=C/c3ccc(OC(C)=O)c(OCC)c3)c(=O)n2[C@H]1c1cccs1. The van der Waals surface area contributed by atoms with Crippen LogP contribution in [0.5, 0.6) is 11.5 Å². The summed E-state index contributed by atoms with van der Waals surface area (Å²) in [6.45, 7) is 7.26. The lowest BCUT2D eigenvalue weighted by atomic mass is 10.0. The van der Waals surface area contributed by atoms with Crippen molar-refractivity contribution in [2.24, 2.45) is 4.99 Å². The van der Waals surface area contributed by atoms with Crippen LogP contribution in [-0.4, -0.2) is 29.7 Å². The number of carbonyl (C=O) groups excluding carboxylic acids is 2. The molecule has 0 saturated heterocycles. The third-order valence-electron chi connectivity index (χ3n) is 5.15. The summed E-state index contributed by atoms with van der Waals surface area (Å²) in [5.41, 5.74) is 1.32. The minimum absolute atomic E-state index is 0.225. The van der Waals surface area contributed by atoms with Crippen molar-refractivity contribution in [2.45, 2.75) is 33.7 Å². The van der Waals surface area contributed by atoms with Crippen molar-refractivity contribution in [1.82, 2.24) is 4.57 Å². The molecule has 0 bridgehead atoms. The van der Waals surface area contributed by atoms with E-state index in [-0.39, 0.29) is 12.2 Å². The van der Waals surface area contributed by atoms with Gasteiger partial charge in [0.15, 0.2) is 16.3 Å². The zero-order valence-electron chi connectivity index (χ0n) is 19.7. The van der Waals surface area contributed by atoms with Gasteiger partial charge in [-0.05, 0) is 56.0 Å². The van der Waals surface area contributed by atoms with Crippen LogP contribution in [0.2, 0.25) is 0 Å². The zero-order valence-corrected chi connectivity index (χ0v) is 21.3. The van der Waals surface area contributed by atoms with Crippen LogP contribution >= 0.6 is 22.7 Å². The molecule has 8 nitrogen and oxygen atoms in total. The molecule has 3 aromatic rings. The Morgan fingerprint density at radius 1 is 1.17 bits per heavy atom. The van der Waals surface area contributed by atoms with Crippen molar-refractivity contribution < 1.29 is 23.8 Å². The van der Waals surface area contributed by atoms with Gasteiger partial charge < -0.3 is 14.2 Å². The number of aromatic nitrogens is 1. The Morgan fingerprint density at radius 3 is 2.63 bits per heavy atom. The highest BCUT2D eigenvalue weighted by Crippen LogP contribution is 2.33. The highest BCUT2D eigenvalue weighted by atomic mass is 32.1. The van der Waals surface area contributed by atoms with E-state index in [4.69, 9.17) is 14.2 Å². The number of nitrogens with zero attached hydrogens (tertiary/aromatic N) is 2. The monoisotopic (exact) mass is 512 g/mol. The molecule has 1 aliphatic rings. The fraction of sp³-hybridized carbons (Fsp3) is 0.280. The maximum Gasteiger partial charge on any atom is 0.338 e. The predicted octanol–water partition coefficient (Wildman–Crippen LogP) is 3.18. The molecular formula is C25H24N2O6S2. The van der Waals surface area contributed by atoms with Crippen LogP contribution in [0.3, 0.4) is 0 Å². The normalized spacial score (nSPS) is 15.4. The van der Waals surface area contributed by atoms with Gasteiger partial charge in [0.05, 0.1) is 29.0 Å². The van der Waals surface area contributed by atoms with Crippen LogP contribution in [-0.2, 0) is 14.3 Å². The second-order valence-electron chi connectivity index (χ2n) is 7.55. The third-order valence-corrected chi connectivity index (χ3v) is 7.06. The molecule has 1 aromatic carbocycles. The molecule has 10 heteroatoms. The lowest BCUT2D eigenvalue weighted by Crippen LogP contribution is -2.39. The van der Waals surface area contributed by atoms with Gasteiger partial charge in [-0.3, -0.25) is 14.2 Å². The summed E-state index contributed by atoms with van der Waals surface area (Å²) in [6, 6.07) is 8.25. The van der Waals surface area contributed by atoms with E-state index in [1.165, 1.54) is 29.6 Å². The first-order valence-electron chi connectivity index (χ1n) is 11.0. The molecule has 2 aromatic heterocycles. The maximum absolute atomic E-state index is 13.6. The van der Waals surface area contributed by atoms with Gasteiger partial charge in [-0.1, -0.05) is 23.5 Å². The van der Waals surface area contributed by atoms with Gasteiger partial charge in [0.25, 0.3) is 5.56 Å². The summed E-state index contributed by atoms with van der Waals surface area (Å²) in [6.07, 6.45) is 1.73. The van der Waals surface area contributed by atoms with Gasteiger partial charge in [-0.2, -0.15) is 0 Å². The summed E-state index contributed by atoms with van der Waals surface area (Å²) in [4.78, 5) is 43.7. The van der Waals surface area contributed by atoms with Crippen molar-refractivity contribution in [1.29, 1.82) is 0 Å². The maximum atomic E-state index is 13.6. The lowest BCUT2D eigenvalue weighted by Gasteiger charge is -2.23. The van der Waals surface area contributed by atoms with E-state index in [9.17, 15) is 14.4 Å². The molecule has 35 heavy (non-hydrogen) atoms. The molecule has 0 saturated carbocycles. The molecule has 0 aliphatic carbocycles. The minimum Gasteiger partial charge on any atom is -0.490 e. The highest BCUT2D eigenvalue weighted by Gasteiger charge is 2.33. The van der Waals surface area contributed by atoms with Crippen LogP contribution in [0.25, 0.3) is 6.08 Å². The van der Waals surface area contributed by atoms with Crippen molar-refractivity contribution in [3.63, 3.8) is 0 Å². The van der Waals surface area contributed by atoms with E-state index in [0.717, 1.165) is 4.88 Å². The van der Waals surface area contributed by atoms with E-state index in [1.54, 1.807) is 42.7 Å². The van der Waals surface area contributed by atoms with Crippen LogP contribution in [0, 0.1) is 0 Å². The zero-order chi connectivity index (χ0) is 25.1. The number of hydrogen-bond acceptors (Lipinski definition) is 9. The largest absolute Gasteiger partial charge is 0.490 e.